The van der Waals surface area contributed by atoms with E-state index in [1.807, 2.05) is 6.92 Å². The van der Waals surface area contributed by atoms with Crippen molar-refractivity contribution in [3.05, 3.63) is 62.6 Å². The van der Waals surface area contributed by atoms with Crippen molar-refractivity contribution in [2.45, 2.75) is 13.3 Å². The van der Waals surface area contributed by atoms with Gasteiger partial charge in [0, 0.05) is 26.3 Å². The number of esters is 1. The molecule has 4 nitrogen and oxygen atoms in total. The highest BCUT2D eigenvalue weighted by molar-refractivity contribution is 6.36. The quantitative estimate of drug-likeness (QED) is 0.759. The minimum atomic E-state index is -0.590. The van der Waals surface area contributed by atoms with Crippen LogP contribution >= 0.6 is 34.8 Å². The van der Waals surface area contributed by atoms with Crippen molar-refractivity contribution < 1.29 is 14.3 Å². The predicted octanol–water partition coefficient (Wildman–Crippen LogP) is 4.68. The number of nitrogens with one attached hydrogen (secondary N) is 1. The fourth-order valence-corrected chi connectivity index (χ4v) is 2.75. The first-order valence-electron chi connectivity index (χ1n) is 7.01. The monoisotopic (exact) mass is 385 g/mol. The molecule has 0 aliphatic heterocycles. The fraction of sp³-hybridized carbons (Fsp3) is 0.176. The zero-order valence-corrected chi connectivity index (χ0v) is 15.0. The summed E-state index contributed by atoms with van der Waals surface area (Å²) in [6.45, 7) is 1.41. The molecule has 0 aromatic heterocycles. The number of carbonyl (C=O) groups excluding carboxylic acids is 2. The molecule has 0 unspecified atom stereocenters. The SMILES string of the molecule is Cc1cc(Cl)ccc1NC(=O)COC(=O)Cc1c(Cl)cccc1Cl. The van der Waals surface area contributed by atoms with Crippen molar-refractivity contribution in [1.29, 1.82) is 0 Å². The van der Waals surface area contributed by atoms with Crippen LogP contribution in [0.25, 0.3) is 0 Å². The van der Waals surface area contributed by atoms with Crippen molar-refractivity contribution in [2.75, 3.05) is 11.9 Å². The third-order valence-electron chi connectivity index (χ3n) is 3.21. The molecule has 0 aliphatic carbocycles. The maximum atomic E-state index is 11.9. The van der Waals surface area contributed by atoms with E-state index in [1.165, 1.54) is 0 Å². The molecule has 24 heavy (non-hydrogen) atoms. The van der Waals surface area contributed by atoms with Gasteiger partial charge in [0.15, 0.2) is 6.61 Å². The van der Waals surface area contributed by atoms with Crippen LogP contribution in [0.2, 0.25) is 15.1 Å². The molecular weight excluding hydrogens is 373 g/mol. The van der Waals surface area contributed by atoms with Crippen LogP contribution < -0.4 is 5.32 Å². The molecule has 0 bridgehead atoms. The van der Waals surface area contributed by atoms with Gasteiger partial charge in [-0.15, -0.1) is 0 Å². The third-order valence-corrected chi connectivity index (χ3v) is 4.15. The van der Waals surface area contributed by atoms with Gasteiger partial charge in [0.25, 0.3) is 5.91 Å². The molecule has 0 atom stereocenters. The summed E-state index contributed by atoms with van der Waals surface area (Å²) >= 11 is 17.8. The summed E-state index contributed by atoms with van der Waals surface area (Å²) < 4.78 is 4.96. The minimum absolute atomic E-state index is 0.105. The molecule has 0 radical (unpaired) electrons. The Morgan fingerprint density at radius 1 is 1.08 bits per heavy atom. The second-order valence-corrected chi connectivity index (χ2v) is 6.30. The van der Waals surface area contributed by atoms with Crippen LogP contribution in [0.4, 0.5) is 5.69 Å². The molecule has 0 aliphatic rings. The van der Waals surface area contributed by atoms with E-state index in [4.69, 9.17) is 39.5 Å². The molecule has 0 fully saturated rings. The van der Waals surface area contributed by atoms with Crippen molar-refractivity contribution in [2.24, 2.45) is 0 Å². The lowest BCUT2D eigenvalue weighted by Crippen LogP contribution is -2.22. The van der Waals surface area contributed by atoms with Crippen LogP contribution in [-0.2, 0) is 20.7 Å². The Hall–Kier alpha value is -1.75. The van der Waals surface area contributed by atoms with Gasteiger partial charge in [-0.05, 0) is 42.8 Å². The van der Waals surface area contributed by atoms with Gasteiger partial charge >= 0.3 is 5.97 Å². The second kappa shape index (κ2) is 8.38. The average Bonchev–Trinajstić information content (AvgIpc) is 2.52. The van der Waals surface area contributed by atoms with E-state index in [-0.39, 0.29) is 6.42 Å². The molecule has 0 saturated heterocycles. The highest BCUT2D eigenvalue weighted by Gasteiger charge is 2.14. The molecule has 0 heterocycles. The Morgan fingerprint density at radius 3 is 2.38 bits per heavy atom. The molecule has 2 aromatic rings. The number of benzene rings is 2. The lowest BCUT2D eigenvalue weighted by atomic mass is 10.1. The van der Waals surface area contributed by atoms with E-state index in [0.717, 1.165) is 5.56 Å². The summed E-state index contributed by atoms with van der Waals surface area (Å²) in [5, 5.41) is 3.98. The van der Waals surface area contributed by atoms with Gasteiger partial charge in [-0.25, -0.2) is 0 Å². The molecular formula is C17H14Cl3NO3. The van der Waals surface area contributed by atoms with Gasteiger partial charge in [0.05, 0.1) is 6.42 Å². The van der Waals surface area contributed by atoms with Crippen molar-refractivity contribution in [3.8, 4) is 0 Å². The van der Waals surface area contributed by atoms with Gasteiger partial charge < -0.3 is 10.1 Å². The maximum absolute atomic E-state index is 11.9. The Morgan fingerprint density at radius 2 is 1.75 bits per heavy atom. The van der Waals surface area contributed by atoms with Crippen LogP contribution in [0.1, 0.15) is 11.1 Å². The zero-order valence-electron chi connectivity index (χ0n) is 12.7. The van der Waals surface area contributed by atoms with E-state index < -0.39 is 18.5 Å². The largest absolute Gasteiger partial charge is 0.455 e. The molecule has 7 heteroatoms. The number of anilines is 1. The summed E-state index contributed by atoms with van der Waals surface area (Å²) in [5.41, 5.74) is 1.89. The number of halogens is 3. The van der Waals surface area contributed by atoms with Gasteiger partial charge in [0.1, 0.15) is 0 Å². The lowest BCUT2D eigenvalue weighted by molar-refractivity contribution is -0.146. The van der Waals surface area contributed by atoms with Crippen molar-refractivity contribution >= 4 is 52.4 Å². The smallest absolute Gasteiger partial charge is 0.310 e. The van der Waals surface area contributed by atoms with Gasteiger partial charge in [0.2, 0.25) is 0 Å². The topological polar surface area (TPSA) is 55.4 Å². The summed E-state index contributed by atoms with van der Waals surface area (Å²) in [4.78, 5) is 23.7. The summed E-state index contributed by atoms with van der Waals surface area (Å²) in [6, 6.07) is 10.0. The van der Waals surface area contributed by atoms with E-state index in [9.17, 15) is 9.59 Å². The summed E-state index contributed by atoms with van der Waals surface area (Å²) in [5.74, 6) is -1.04. The number of amides is 1. The summed E-state index contributed by atoms with van der Waals surface area (Å²) in [7, 11) is 0. The van der Waals surface area contributed by atoms with Gasteiger partial charge in [-0.2, -0.15) is 0 Å². The highest BCUT2D eigenvalue weighted by Crippen LogP contribution is 2.25. The molecule has 126 valence electrons. The Balaban J connectivity index is 1.88. The third kappa shape index (κ3) is 5.13. The Labute approximate surface area is 154 Å². The molecule has 0 saturated carbocycles. The number of carbonyl (C=O) groups is 2. The minimum Gasteiger partial charge on any atom is -0.455 e. The van der Waals surface area contributed by atoms with E-state index >= 15 is 0 Å². The van der Waals surface area contributed by atoms with Crippen LogP contribution in [0, 0.1) is 6.92 Å². The molecule has 1 amide bonds. The van der Waals surface area contributed by atoms with Crippen molar-refractivity contribution in [1.82, 2.24) is 0 Å². The van der Waals surface area contributed by atoms with Crippen LogP contribution in [0.3, 0.4) is 0 Å². The highest BCUT2D eigenvalue weighted by atomic mass is 35.5. The van der Waals surface area contributed by atoms with Crippen molar-refractivity contribution in [3.63, 3.8) is 0 Å². The van der Waals surface area contributed by atoms with Crippen LogP contribution in [0.15, 0.2) is 36.4 Å². The Bertz CT molecular complexity index is 757. The summed E-state index contributed by atoms with van der Waals surface area (Å²) in [6.07, 6.45) is -0.105. The second-order valence-electron chi connectivity index (χ2n) is 5.05. The zero-order chi connectivity index (χ0) is 17.7. The first-order chi connectivity index (χ1) is 11.4. The number of ether oxygens (including phenoxy) is 1. The van der Waals surface area contributed by atoms with Crippen LogP contribution in [-0.4, -0.2) is 18.5 Å². The normalized spacial score (nSPS) is 10.3. The molecule has 2 rings (SSSR count). The number of hydrogen-bond acceptors (Lipinski definition) is 3. The first-order valence-corrected chi connectivity index (χ1v) is 8.14. The predicted molar refractivity (Wildman–Crippen MR) is 95.9 cm³/mol. The van der Waals surface area contributed by atoms with E-state index in [0.29, 0.717) is 26.3 Å². The maximum Gasteiger partial charge on any atom is 0.310 e. The molecule has 0 spiro atoms. The molecule has 1 N–H and O–H groups in total. The number of hydrogen-bond donors (Lipinski definition) is 1. The number of rotatable bonds is 5. The average molecular weight is 387 g/mol. The fourth-order valence-electron chi connectivity index (χ4n) is 2.00. The van der Waals surface area contributed by atoms with Crippen LogP contribution in [0.5, 0.6) is 0 Å². The van der Waals surface area contributed by atoms with E-state index in [1.54, 1.807) is 36.4 Å². The standard InChI is InChI=1S/C17H14Cl3NO3/c1-10-7-11(18)5-6-15(10)21-16(22)9-24-17(23)8-12-13(19)3-2-4-14(12)20/h2-7H,8-9H2,1H3,(H,21,22). The van der Waals surface area contributed by atoms with Gasteiger partial charge in [-0.3, -0.25) is 9.59 Å². The first kappa shape index (κ1) is 18.6. The lowest BCUT2D eigenvalue weighted by Gasteiger charge is -2.10. The van der Waals surface area contributed by atoms with Gasteiger partial charge in [-0.1, -0.05) is 40.9 Å². The van der Waals surface area contributed by atoms with E-state index in [2.05, 4.69) is 5.32 Å². The molecule has 2 aromatic carbocycles. The Kier molecular flexibility index (Phi) is 6.49. The number of aryl methyl sites for hydroxylation is 1.